The highest BCUT2D eigenvalue weighted by molar-refractivity contribution is 5.77. The quantitative estimate of drug-likeness (QED) is 0.776. The van der Waals surface area contributed by atoms with Crippen molar-refractivity contribution in [1.29, 1.82) is 0 Å². The van der Waals surface area contributed by atoms with Crippen LogP contribution >= 0.6 is 0 Å². The summed E-state index contributed by atoms with van der Waals surface area (Å²) in [6, 6.07) is 19.1. The fourth-order valence-corrected chi connectivity index (χ4v) is 3.04. The maximum Gasteiger partial charge on any atom is 0.226 e. The molecule has 2 aromatic carbocycles. The van der Waals surface area contributed by atoms with E-state index in [4.69, 9.17) is 0 Å². The zero-order valence-corrected chi connectivity index (χ0v) is 13.8. The number of hydrogen-bond donors (Lipinski definition) is 1. The van der Waals surface area contributed by atoms with Crippen LogP contribution in [0.5, 0.6) is 0 Å². The number of allylic oxidation sites excluding steroid dienone is 1. The number of fused-ring (bicyclic) bond motifs is 1. The van der Waals surface area contributed by atoms with Gasteiger partial charge in [-0.2, -0.15) is 10.1 Å². The minimum absolute atomic E-state index is 0.0418. The summed E-state index contributed by atoms with van der Waals surface area (Å²) in [5, 5.41) is 7.77. The molecule has 0 saturated heterocycles. The van der Waals surface area contributed by atoms with Crippen LogP contribution in [-0.2, 0) is 0 Å². The molecule has 4 heteroatoms. The van der Waals surface area contributed by atoms with E-state index in [1.54, 1.807) is 6.33 Å². The van der Waals surface area contributed by atoms with Gasteiger partial charge in [0.2, 0.25) is 5.95 Å². The second-order valence-corrected chi connectivity index (χ2v) is 6.37. The molecule has 0 fully saturated rings. The van der Waals surface area contributed by atoms with Gasteiger partial charge in [-0.25, -0.2) is 4.68 Å². The molecule has 1 aliphatic rings. The molecule has 1 N–H and O–H groups in total. The van der Waals surface area contributed by atoms with Crippen molar-refractivity contribution >= 4 is 11.6 Å². The molecule has 0 bridgehead atoms. The number of nitrogens with zero attached hydrogens (tertiary/aromatic N) is 3. The third-order valence-electron chi connectivity index (χ3n) is 4.44. The summed E-state index contributed by atoms with van der Waals surface area (Å²) < 4.78 is 1.93. The fraction of sp³-hybridized carbons (Fsp3) is 0.200. The Balaban J connectivity index is 1.76. The van der Waals surface area contributed by atoms with Crippen molar-refractivity contribution in [3.8, 4) is 0 Å². The van der Waals surface area contributed by atoms with E-state index in [2.05, 4.69) is 71.7 Å². The molecule has 0 spiro atoms. The highest BCUT2D eigenvalue weighted by Gasteiger charge is 2.23. The van der Waals surface area contributed by atoms with Gasteiger partial charge in [0.1, 0.15) is 12.4 Å². The van der Waals surface area contributed by atoms with Crippen molar-refractivity contribution in [2.75, 3.05) is 5.32 Å². The monoisotopic (exact) mass is 316 g/mol. The van der Waals surface area contributed by atoms with E-state index in [9.17, 15) is 0 Å². The standard InChI is InChI=1S/C20H20N4/c1-14(2)15-8-10-17(11-9-15)19-12-18(16-6-4-3-5-7-16)23-20-21-13-22-24(19)20/h3-14,19H,1-2H3,(H,21,22,23)/t19-/m0/s1. The lowest BCUT2D eigenvalue weighted by Gasteiger charge is -2.24. The zero-order valence-electron chi connectivity index (χ0n) is 13.8. The maximum absolute atomic E-state index is 4.40. The van der Waals surface area contributed by atoms with Gasteiger partial charge in [0.25, 0.3) is 0 Å². The maximum atomic E-state index is 4.40. The Labute approximate surface area is 141 Å². The van der Waals surface area contributed by atoms with Crippen molar-refractivity contribution in [3.05, 3.63) is 83.7 Å². The Morgan fingerprint density at radius 1 is 1.00 bits per heavy atom. The molecule has 2 heterocycles. The molecule has 24 heavy (non-hydrogen) atoms. The summed E-state index contributed by atoms with van der Waals surface area (Å²) in [6.07, 6.45) is 3.81. The number of hydrogen-bond acceptors (Lipinski definition) is 3. The summed E-state index contributed by atoms with van der Waals surface area (Å²) in [5.74, 6) is 1.30. The molecular formula is C20H20N4. The van der Waals surface area contributed by atoms with E-state index < -0.39 is 0 Å². The molecular weight excluding hydrogens is 296 g/mol. The minimum atomic E-state index is 0.0418. The minimum Gasteiger partial charge on any atom is -0.324 e. The fourth-order valence-electron chi connectivity index (χ4n) is 3.04. The summed E-state index contributed by atoms with van der Waals surface area (Å²) in [5.41, 5.74) is 4.77. The van der Waals surface area contributed by atoms with Gasteiger partial charge in [-0.05, 0) is 28.7 Å². The Kier molecular flexibility index (Phi) is 3.65. The Morgan fingerprint density at radius 3 is 2.46 bits per heavy atom. The van der Waals surface area contributed by atoms with Gasteiger partial charge in [0, 0.05) is 5.70 Å². The van der Waals surface area contributed by atoms with E-state index in [1.165, 1.54) is 11.1 Å². The average molecular weight is 316 g/mol. The molecule has 1 aliphatic heterocycles. The van der Waals surface area contributed by atoms with Gasteiger partial charge in [0.15, 0.2) is 0 Å². The van der Waals surface area contributed by atoms with Crippen LogP contribution in [0.25, 0.3) is 5.70 Å². The van der Waals surface area contributed by atoms with Crippen molar-refractivity contribution in [2.45, 2.75) is 25.8 Å². The van der Waals surface area contributed by atoms with Crippen molar-refractivity contribution in [3.63, 3.8) is 0 Å². The van der Waals surface area contributed by atoms with Gasteiger partial charge >= 0.3 is 0 Å². The third kappa shape index (κ3) is 2.60. The molecule has 4 rings (SSSR count). The normalized spacial score (nSPS) is 16.5. The number of nitrogens with one attached hydrogen (secondary N) is 1. The summed E-state index contributed by atoms with van der Waals surface area (Å²) in [6.45, 7) is 4.42. The number of anilines is 1. The smallest absolute Gasteiger partial charge is 0.226 e. The number of aromatic nitrogens is 3. The topological polar surface area (TPSA) is 42.7 Å². The van der Waals surface area contributed by atoms with Crippen LogP contribution in [0.15, 0.2) is 67.0 Å². The van der Waals surface area contributed by atoms with Gasteiger partial charge in [-0.15, -0.1) is 0 Å². The lowest BCUT2D eigenvalue weighted by Crippen LogP contribution is -2.20. The molecule has 1 atom stereocenters. The lowest BCUT2D eigenvalue weighted by molar-refractivity contribution is 0.611. The predicted molar refractivity (Wildman–Crippen MR) is 96.7 cm³/mol. The molecule has 0 radical (unpaired) electrons. The van der Waals surface area contributed by atoms with Crippen LogP contribution < -0.4 is 5.32 Å². The first-order valence-electron chi connectivity index (χ1n) is 8.26. The first-order chi connectivity index (χ1) is 11.7. The van der Waals surface area contributed by atoms with E-state index in [-0.39, 0.29) is 6.04 Å². The van der Waals surface area contributed by atoms with E-state index >= 15 is 0 Å². The summed E-state index contributed by atoms with van der Waals surface area (Å²) in [4.78, 5) is 4.35. The van der Waals surface area contributed by atoms with Crippen molar-refractivity contribution < 1.29 is 0 Å². The first kappa shape index (κ1) is 14.7. The lowest BCUT2D eigenvalue weighted by atomic mass is 9.97. The van der Waals surface area contributed by atoms with Gasteiger partial charge in [0.05, 0.1) is 0 Å². The molecule has 0 aliphatic carbocycles. The number of rotatable bonds is 3. The second-order valence-electron chi connectivity index (χ2n) is 6.37. The van der Waals surface area contributed by atoms with Crippen LogP contribution in [-0.4, -0.2) is 14.8 Å². The zero-order chi connectivity index (χ0) is 16.5. The second kappa shape index (κ2) is 5.96. The summed E-state index contributed by atoms with van der Waals surface area (Å²) >= 11 is 0. The Morgan fingerprint density at radius 2 is 1.75 bits per heavy atom. The Hall–Kier alpha value is -2.88. The van der Waals surface area contributed by atoms with Gasteiger partial charge in [-0.3, -0.25) is 0 Å². The average Bonchev–Trinajstić information content (AvgIpc) is 3.10. The summed E-state index contributed by atoms with van der Waals surface area (Å²) in [7, 11) is 0. The molecule has 4 nitrogen and oxygen atoms in total. The van der Waals surface area contributed by atoms with Crippen LogP contribution in [0.2, 0.25) is 0 Å². The van der Waals surface area contributed by atoms with Crippen LogP contribution in [0.3, 0.4) is 0 Å². The van der Waals surface area contributed by atoms with E-state index in [0.29, 0.717) is 5.92 Å². The van der Waals surface area contributed by atoms with Crippen molar-refractivity contribution in [1.82, 2.24) is 14.8 Å². The Bertz CT molecular complexity index is 860. The van der Waals surface area contributed by atoms with Crippen LogP contribution in [0.1, 0.15) is 42.5 Å². The van der Waals surface area contributed by atoms with Gasteiger partial charge < -0.3 is 5.32 Å². The first-order valence-corrected chi connectivity index (χ1v) is 8.26. The highest BCUT2D eigenvalue weighted by atomic mass is 15.4. The molecule has 1 aromatic heterocycles. The van der Waals surface area contributed by atoms with E-state index in [0.717, 1.165) is 17.2 Å². The molecule has 0 amide bonds. The predicted octanol–water partition coefficient (Wildman–Crippen LogP) is 4.46. The SMILES string of the molecule is CC(C)c1ccc([C@@H]2C=C(c3ccccc3)Nc3ncnn32)cc1. The molecule has 0 saturated carbocycles. The largest absolute Gasteiger partial charge is 0.324 e. The third-order valence-corrected chi connectivity index (χ3v) is 4.44. The molecule has 0 unspecified atom stereocenters. The van der Waals surface area contributed by atoms with Crippen LogP contribution in [0.4, 0.5) is 5.95 Å². The van der Waals surface area contributed by atoms with E-state index in [1.807, 2.05) is 22.9 Å². The van der Waals surface area contributed by atoms with Crippen LogP contribution in [0, 0.1) is 0 Å². The molecule has 3 aromatic rings. The highest BCUT2D eigenvalue weighted by Crippen LogP contribution is 2.32. The van der Waals surface area contributed by atoms with Crippen molar-refractivity contribution in [2.24, 2.45) is 0 Å². The van der Waals surface area contributed by atoms with Gasteiger partial charge in [-0.1, -0.05) is 68.4 Å². The molecule has 120 valence electrons. The number of benzene rings is 2.